The molecule has 1 saturated heterocycles. The minimum Gasteiger partial charge on any atom is -0.324 e. The van der Waals surface area contributed by atoms with Crippen LogP contribution in [0.5, 0.6) is 0 Å². The molecule has 0 spiro atoms. The van der Waals surface area contributed by atoms with Crippen LogP contribution in [-0.2, 0) is 14.6 Å². The monoisotopic (exact) mass is 303 g/mol. The van der Waals surface area contributed by atoms with E-state index < -0.39 is 27.4 Å². The van der Waals surface area contributed by atoms with Crippen LogP contribution in [0.2, 0.25) is 0 Å². The van der Waals surface area contributed by atoms with Gasteiger partial charge in [0.1, 0.15) is 11.6 Å². The van der Waals surface area contributed by atoms with Crippen molar-refractivity contribution in [2.45, 2.75) is 19.3 Å². The first-order valence-corrected chi connectivity index (χ1v) is 8.13. The number of benzene rings is 1. The number of amides is 1. The van der Waals surface area contributed by atoms with E-state index in [0.717, 1.165) is 12.1 Å². The number of nitrogens with one attached hydrogen (secondary N) is 1. The Balaban J connectivity index is 1.95. The van der Waals surface area contributed by atoms with Crippen LogP contribution < -0.4 is 5.32 Å². The molecule has 20 heavy (non-hydrogen) atoms. The number of rotatable bonds is 3. The fourth-order valence-electron chi connectivity index (χ4n) is 2.33. The summed E-state index contributed by atoms with van der Waals surface area (Å²) in [6.45, 7) is 0. The molecule has 1 atom stereocenters. The topological polar surface area (TPSA) is 63.2 Å². The Hall–Kier alpha value is -1.50. The van der Waals surface area contributed by atoms with Gasteiger partial charge in [0.15, 0.2) is 9.84 Å². The lowest BCUT2D eigenvalue weighted by molar-refractivity contribution is -0.117. The molecular weight excluding hydrogens is 288 g/mol. The van der Waals surface area contributed by atoms with Gasteiger partial charge in [0, 0.05) is 12.5 Å². The zero-order chi connectivity index (χ0) is 14.8. The van der Waals surface area contributed by atoms with Crippen LogP contribution in [0.1, 0.15) is 19.3 Å². The molecule has 0 saturated carbocycles. The standard InChI is InChI=1S/C13H15F2NO3S/c14-10-3-4-12(11(15)7-10)16-13(17)6-9-2-1-5-20(18,19)8-9/h3-4,7,9H,1-2,5-6,8H2,(H,16,17). The van der Waals surface area contributed by atoms with Crippen molar-refractivity contribution in [2.75, 3.05) is 16.8 Å². The number of carbonyl (C=O) groups is 1. The third kappa shape index (κ3) is 4.00. The molecule has 0 aromatic heterocycles. The van der Waals surface area contributed by atoms with Crippen molar-refractivity contribution in [3.05, 3.63) is 29.8 Å². The maximum Gasteiger partial charge on any atom is 0.224 e. The van der Waals surface area contributed by atoms with Crippen LogP contribution >= 0.6 is 0 Å². The average molecular weight is 303 g/mol. The van der Waals surface area contributed by atoms with E-state index in [-0.39, 0.29) is 29.5 Å². The smallest absolute Gasteiger partial charge is 0.224 e. The first kappa shape index (κ1) is 14.9. The molecule has 2 rings (SSSR count). The zero-order valence-electron chi connectivity index (χ0n) is 10.7. The van der Waals surface area contributed by atoms with E-state index >= 15 is 0 Å². The lowest BCUT2D eigenvalue weighted by Crippen LogP contribution is -2.28. The second-order valence-electron chi connectivity index (χ2n) is 5.00. The number of sulfone groups is 1. The van der Waals surface area contributed by atoms with Crippen molar-refractivity contribution >= 4 is 21.4 Å². The van der Waals surface area contributed by atoms with Gasteiger partial charge in [-0.25, -0.2) is 17.2 Å². The van der Waals surface area contributed by atoms with Crippen molar-refractivity contribution in [3.8, 4) is 0 Å². The summed E-state index contributed by atoms with van der Waals surface area (Å²) in [5.41, 5.74) is -0.102. The molecule has 4 nitrogen and oxygen atoms in total. The van der Waals surface area contributed by atoms with E-state index in [2.05, 4.69) is 5.32 Å². The van der Waals surface area contributed by atoms with Gasteiger partial charge in [0.25, 0.3) is 0 Å². The maximum atomic E-state index is 13.4. The summed E-state index contributed by atoms with van der Waals surface area (Å²) in [4.78, 5) is 11.8. The van der Waals surface area contributed by atoms with Crippen LogP contribution in [0.4, 0.5) is 14.5 Å². The molecule has 1 aromatic carbocycles. The molecule has 7 heteroatoms. The molecule has 1 aliphatic heterocycles. The van der Waals surface area contributed by atoms with Crippen molar-refractivity contribution < 1.29 is 22.0 Å². The van der Waals surface area contributed by atoms with Gasteiger partial charge in [-0.3, -0.25) is 4.79 Å². The van der Waals surface area contributed by atoms with Crippen molar-refractivity contribution in [3.63, 3.8) is 0 Å². The molecule has 1 aliphatic rings. The second-order valence-corrected chi connectivity index (χ2v) is 7.23. The summed E-state index contributed by atoms with van der Waals surface area (Å²) in [5, 5.41) is 2.34. The van der Waals surface area contributed by atoms with Crippen LogP contribution in [0, 0.1) is 17.6 Å². The highest BCUT2D eigenvalue weighted by molar-refractivity contribution is 7.91. The molecule has 110 valence electrons. The molecule has 1 unspecified atom stereocenters. The zero-order valence-corrected chi connectivity index (χ0v) is 11.6. The molecule has 0 bridgehead atoms. The highest BCUT2D eigenvalue weighted by atomic mass is 32.2. The lowest BCUT2D eigenvalue weighted by Gasteiger charge is -2.21. The molecule has 1 heterocycles. The summed E-state index contributed by atoms with van der Waals surface area (Å²) >= 11 is 0. The van der Waals surface area contributed by atoms with E-state index in [0.29, 0.717) is 18.9 Å². The molecule has 1 amide bonds. The SMILES string of the molecule is O=C(CC1CCCS(=O)(=O)C1)Nc1ccc(F)cc1F. The van der Waals surface area contributed by atoms with Crippen molar-refractivity contribution in [1.82, 2.24) is 0 Å². The summed E-state index contributed by atoms with van der Waals surface area (Å²) in [6.07, 6.45) is 1.24. The van der Waals surface area contributed by atoms with Crippen LogP contribution in [0.3, 0.4) is 0 Å². The Labute approximate surface area is 116 Å². The number of anilines is 1. The number of hydrogen-bond acceptors (Lipinski definition) is 3. The first-order valence-electron chi connectivity index (χ1n) is 6.31. The second kappa shape index (κ2) is 5.87. The van der Waals surface area contributed by atoms with Gasteiger partial charge in [-0.15, -0.1) is 0 Å². The Kier molecular flexibility index (Phi) is 4.37. The Morgan fingerprint density at radius 1 is 1.35 bits per heavy atom. The highest BCUT2D eigenvalue weighted by Gasteiger charge is 2.26. The van der Waals surface area contributed by atoms with Crippen LogP contribution in [0.25, 0.3) is 0 Å². The van der Waals surface area contributed by atoms with Gasteiger partial charge in [-0.2, -0.15) is 0 Å². The summed E-state index contributed by atoms with van der Waals surface area (Å²) in [6, 6.07) is 2.87. The molecular formula is C13H15F2NO3S. The Morgan fingerprint density at radius 3 is 2.75 bits per heavy atom. The third-order valence-corrected chi connectivity index (χ3v) is 5.13. The highest BCUT2D eigenvalue weighted by Crippen LogP contribution is 2.22. The summed E-state index contributed by atoms with van der Waals surface area (Å²) in [5.74, 6) is -2.12. The molecule has 0 aliphatic carbocycles. The van der Waals surface area contributed by atoms with E-state index in [1.807, 2.05) is 0 Å². The molecule has 1 N–H and O–H groups in total. The van der Waals surface area contributed by atoms with E-state index in [9.17, 15) is 22.0 Å². The normalized spacial score (nSPS) is 21.4. The third-order valence-electron chi connectivity index (χ3n) is 3.24. The summed E-state index contributed by atoms with van der Waals surface area (Å²) < 4.78 is 49.0. The summed E-state index contributed by atoms with van der Waals surface area (Å²) in [7, 11) is -3.07. The average Bonchev–Trinajstić information content (AvgIpc) is 2.31. The van der Waals surface area contributed by atoms with Crippen LogP contribution in [-0.4, -0.2) is 25.8 Å². The molecule has 0 radical (unpaired) electrons. The predicted octanol–water partition coefficient (Wildman–Crippen LogP) is 2.12. The fourth-order valence-corrected chi connectivity index (χ4v) is 4.11. The van der Waals surface area contributed by atoms with E-state index in [4.69, 9.17) is 0 Å². The maximum absolute atomic E-state index is 13.4. The Morgan fingerprint density at radius 2 is 2.10 bits per heavy atom. The fraction of sp³-hybridized carbons (Fsp3) is 0.462. The van der Waals surface area contributed by atoms with Gasteiger partial charge < -0.3 is 5.32 Å². The van der Waals surface area contributed by atoms with Gasteiger partial charge in [-0.1, -0.05) is 0 Å². The minimum atomic E-state index is -3.07. The number of carbonyl (C=O) groups excluding carboxylic acids is 1. The molecule has 1 aromatic rings. The van der Waals surface area contributed by atoms with Gasteiger partial charge in [0.2, 0.25) is 5.91 Å². The number of halogens is 2. The number of hydrogen-bond donors (Lipinski definition) is 1. The van der Waals surface area contributed by atoms with Crippen molar-refractivity contribution in [1.29, 1.82) is 0 Å². The van der Waals surface area contributed by atoms with Gasteiger partial charge in [0.05, 0.1) is 17.2 Å². The molecule has 1 fully saturated rings. The first-order chi connectivity index (χ1) is 9.35. The largest absolute Gasteiger partial charge is 0.324 e. The van der Waals surface area contributed by atoms with Gasteiger partial charge in [-0.05, 0) is 30.9 Å². The van der Waals surface area contributed by atoms with Crippen molar-refractivity contribution in [2.24, 2.45) is 5.92 Å². The quantitative estimate of drug-likeness (QED) is 0.930. The van der Waals surface area contributed by atoms with E-state index in [1.54, 1.807) is 0 Å². The lowest BCUT2D eigenvalue weighted by atomic mass is 10.0. The van der Waals surface area contributed by atoms with Gasteiger partial charge >= 0.3 is 0 Å². The van der Waals surface area contributed by atoms with Crippen LogP contribution in [0.15, 0.2) is 18.2 Å². The van der Waals surface area contributed by atoms with E-state index in [1.165, 1.54) is 0 Å². The predicted molar refractivity (Wildman–Crippen MR) is 71.0 cm³/mol. The Bertz CT molecular complexity index is 616. The minimum absolute atomic E-state index is 0.00762.